The van der Waals surface area contributed by atoms with Gasteiger partial charge in [-0.3, -0.25) is 14.7 Å². The lowest BCUT2D eigenvalue weighted by atomic mass is 10.2. The fourth-order valence-corrected chi connectivity index (χ4v) is 4.50. The van der Waals surface area contributed by atoms with E-state index in [-0.39, 0.29) is 24.3 Å². The van der Waals surface area contributed by atoms with Gasteiger partial charge < -0.3 is 14.8 Å². The molecule has 2 N–H and O–H groups in total. The van der Waals surface area contributed by atoms with Gasteiger partial charge in [0.05, 0.1) is 12.9 Å². The van der Waals surface area contributed by atoms with Crippen LogP contribution in [-0.2, 0) is 11.4 Å². The van der Waals surface area contributed by atoms with E-state index in [1.54, 1.807) is 7.11 Å². The highest BCUT2D eigenvalue weighted by Gasteiger charge is 2.20. The third kappa shape index (κ3) is 6.28. The number of hydrogen-bond donors (Lipinski definition) is 2. The molecule has 0 spiro atoms. The Morgan fingerprint density at radius 2 is 1.74 bits per heavy atom. The zero-order valence-corrected chi connectivity index (χ0v) is 19.7. The van der Waals surface area contributed by atoms with Gasteiger partial charge >= 0.3 is 6.03 Å². The van der Waals surface area contributed by atoms with Gasteiger partial charge in [0.2, 0.25) is 5.91 Å². The van der Waals surface area contributed by atoms with Gasteiger partial charge in [-0.05, 0) is 49.2 Å². The summed E-state index contributed by atoms with van der Waals surface area (Å²) in [6.45, 7) is 0.185. The van der Waals surface area contributed by atoms with Crippen LogP contribution >= 0.6 is 11.8 Å². The summed E-state index contributed by atoms with van der Waals surface area (Å²) in [6.07, 6.45) is 4.12. The van der Waals surface area contributed by atoms with Gasteiger partial charge in [-0.25, -0.2) is 4.79 Å². The summed E-state index contributed by atoms with van der Waals surface area (Å²) in [7, 11) is 1.61. The zero-order chi connectivity index (χ0) is 23.8. The maximum atomic E-state index is 12.3. The standard InChI is InChI=1S/C24H27N5O4S/c1-32-19-11-13-20(14-12-19)33-15-21-27-28-24(29(21)18-9-3-2-4-10-18)34-16-22(30)26-23(31)25-17-7-5-6-8-17/h2-4,9-14,17H,5-8,15-16H2,1H3,(H2,25,26,30,31). The summed E-state index contributed by atoms with van der Waals surface area (Å²) in [5, 5.41) is 14.3. The third-order valence-electron chi connectivity index (χ3n) is 5.42. The number of methoxy groups -OCH3 is 1. The lowest BCUT2D eigenvalue weighted by molar-refractivity contribution is -0.117. The van der Waals surface area contributed by atoms with Crippen molar-refractivity contribution in [3.05, 3.63) is 60.4 Å². The molecule has 1 fully saturated rings. The summed E-state index contributed by atoms with van der Waals surface area (Å²) in [6, 6.07) is 16.6. The van der Waals surface area contributed by atoms with Crippen molar-refractivity contribution in [2.24, 2.45) is 0 Å². The molecule has 1 aliphatic carbocycles. The fourth-order valence-electron chi connectivity index (χ4n) is 3.73. The van der Waals surface area contributed by atoms with E-state index in [0.717, 1.165) is 37.1 Å². The first kappa shape index (κ1) is 23.6. The summed E-state index contributed by atoms with van der Waals surface area (Å²) in [5.74, 6) is 1.64. The fraction of sp³-hybridized carbons (Fsp3) is 0.333. The maximum absolute atomic E-state index is 12.3. The number of aromatic nitrogens is 3. The van der Waals surface area contributed by atoms with Gasteiger partial charge in [-0.2, -0.15) is 0 Å². The number of para-hydroxylation sites is 1. The number of nitrogens with one attached hydrogen (secondary N) is 2. The lowest BCUT2D eigenvalue weighted by Gasteiger charge is -2.13. The number of urea groups is 1. The molecule has 34 heavy (non-hydrogen) atoms. The molecule has 4 rings (SSSR count). The van der Waals surface area contributed by atoms with Crippen molar-refractivity contribution in [3.8, 4) is 17.2 Å². The largest absolute Gasteiger partial charge is 0.497 e. The second-order valence-electron chi connectivity index (χ2n) is 7.83. The van der Waals surface area contributed by atoms with Gasteiger partial charge in [-0.15, -0.1) is 10.2 Å². The smallest absolute Gasteiger partial charge is 0.321 e. The van der Waals surface area contributed by atoms with E-state index in [1.807, 2.05) is 59.2 Å². The highest BCUT2D eigenvalue weighted by atomic mass is 32.2. The number of carbonyl (C=O) groups excluding carboxylic acids is 2. The molecule has 3 aromatic rings. The Kier molecular flexibility index (Phi) is 8.03. The second-order valence-corrected chi connectivity index (χ2v) is 8.77. The Bertz CT molecular complexity index is 1100. The van der Waals surface area contributed by atoms with Crippen LogP contribution in [0.3, 0.4) is 0 Å². The van der Waals surface area contributed by atoms with Crippen molar-refractivity contribution in [2.75, 3.05) is 12.9 Å². The molecule has 1 heterocycles. The van der Waals surface area contributed by atoms with Crippen molar-refractivity contribution in [2.45, 2.75) is 43.5 Å². The van der Waals surface area contributed by atoms with E-state index >= 15 is 0 Å². The predicted octanol–water partition coefficient (Wildman–Crippen LogP) is 3.72. The van der Waals surface area contributed by atoms with Crippen LogP contribution in [0.5, 0.6) is 11.5 Å². The van der Waals surface area contributed by atoms with Crippen LogP contribution in [0.1, 0.15) is 31.5 Å². The molecular formula is C24H27N5O4S. The van der Waals surface area contributed by atoms with Crippen LogP contribution < -0.4 is 20.1 Å². The molecule has 1 aromatic heterocycles. The van der Waals surface area contributed by atoms with Crippen LogP contribution in [0.25, 0.3) is 5.69 Å². The van der Waals surface area contributed by atoms with Crippen molar-refractivity contribution >= 4 is 23.7 Å². The molecule has 0 bridgehead atoms. The molecule has 0 saturated heterocycles. The molecule has 0 unspecified atom stereocenters. The van der Waals surface area contributed by atoms with E-state index in [4.69, 9.17) is 9.47 Å². The van der Waals surface area contributed by atoms with E-state index < -0.39 is 6.03 Å². The van der Waals surface area contributed by atoms with E-state index in [2.05, 4.69) is 20.8 Å². The zero-order valence-electron chi connectivity index (χ0n) is 18.9. The highest BCUT2D eigenvalue weighted by molar-refractivity contribution is 7.99. The first-order valence-electron chi connectivity index (χ1n) is 11.1. The number of ether oxygens (including phenoxy) is 2. The van der Waals surface area contributed by atoms with Gasteiger partial charge in [0.25, 0.3) is 0 Å². The summed E-state index contributed by atoms with van der Waals surface area (Å²) < 4.78 is 12.9. The number of rotatable bonds is 9. The molecule has 1 aliphatic rings. The summed E-state index contributed by atoms with van der Waals surface area (Å²) >= 11 is 1.21. The van der Waals surface area contributed by atoms with Crippen molar-refractivity contribution in [1.82, 2.24) is 25.4 Å². The number of amides is 3. The number of thioether (sulfide) groups is 1. The van der Waals surface area contributed by atoms with Crippen LogP contribution in [0.15, 0.2) is 59.8 Å². The third-order valence-corrected chi connectivity index (χ3v) is 6.35. The Morgan fingerprint density at radius 3 is 2.44 bits per heavy atom. The van der Waals surface area contributed by atoms with Crippen LogP contribution in [-0.4, -0.2) is 45.6 Å². The van der Waals surface area contributed by atoms with Gasteiger partial charge in [0.15, 0.2) is 11.0 Å². The minimum Gasteiger partial charge on any atom is -0.497 e. The normalized spacial score (nSPS) is 13.4. The Labute approximate surface area is 202 Å². The monoisotopic (exact) mass is 481 g/mol. The number of benzene rings is 2. The van der Waals surface area contributed by atoms with Crippen LogP contribution in [0.4, 0.5) is 4.79 Å². The topological polar surface area (TPSA) is 107 Å². The molecule has 2 aromatic carbocycles. The molecule has 178 valence electrons. The highest BCUT2D eigenvalue weighted by Crippen LogP contribution is 2.24. The summed E-state index contributed by atoms with van der Waals surface area (Å²) in [5.41, 5.74) is 0.850. The number of carbonyl (C=O) groups is 2. The maximum Gasteiger partial charge on any atom is 0.321 e. The molecule has 10 heteroatoms. The molecule has 0 atom stereocenters. The minimum atomic E-state index is -0.449. The average molecular weight is 482 g/mol. The Balaban J connectivity index is 1.40. The molecule has 9 nitrogen and oxygen atoms in total. The number of nitrogens with zero attached hydrogens (tertiary/aromatic N) is 3. The first-order chi connectivity index (χ1) is 16.6. The molecule has 1 saturated carbocycles. The predicted molar refractivity (Wildman–Crippen MR) is 128 cm³/mol. The first-order valence-corrected chi connectivity index (χ1v) is 12.1. The summed E-state index contributed by atoms with van der Waals surface area (Å²) in [4.78, 5) is 24.4. The lowest BCUT2D eigenvalue weighted by Crippen LogP contribution is -2.44. The van der Waals surface area contributed by atoms with Gasteiger partial charge in [-0.1, -0.05) is 42.8 Å². The van der Waals surface area contributed by atoms with Crippen LogP contribution in [0, 0.1) is 0 Å². The second kappa shape index (κ2) is 11.6. The average Bonchev–Trinajstić information content (AvgIpc) is 3.52. The number of imide groups is 1. The van der Waals surface area contributed by atoms with E-state index in [9.17, 15) is 9.59 Å². The van der Waals surface area contributed by atoms with Crippen molar-refractivity contribution in [3.63, 3.8) is 0 Å². The van der Waals surface area contributed by atoms with Crippen molar-refractivity contribution in [1.29, 1.82) is 0 Å². The van der Waals surface area contributed by atoms with Gasteiger partial charge in [0.1, 0.15) is 18.1 Å². The quantitative estimate of drug-likeness (QED) is 0.449. The molecular weight excluding hydrogens is 454 g/mol. The van der Waals surface area contributed by atoms with Crippen LogP contribution in [0.2, 0.25) is 0 Å². The van der Waals surface area contributed by atoms with E-state index in [0.29, 0.717) is 16.7 Å². The Hall–Kier alpha value is -3.53. The van der Waals surface area contributed by atoms with E-state index in [1.165, 1.54) is 11.8 Å². The minimum absolute atomic E-state index is 0.0301. The SMILES string of the molecule is COc1ccc(OCc2nnc(SCC(=O)NC(=O)NC3CCCC3)n2-c2ccccc2)cc1. The molecule has 0 aliphatic heterocycles. The molecule has 3 amide bonds. The Morgan fingerprint density at radius 1 is 1.03 bits per heavy atom. The number of hydrogen-bond acceptors (Lipinski definition) is 7. The molecule has 0 radical (unpaired) electrons. The van der Waals surface area contributed by atoms with Gasteiger partial charge in [0, 0.05) is 11.7 Å². The van der Waals surface area contributed by atoms with Crippen molar-refractivity contribution < 1.29 is 19.1 Å².